The maximum absolute atomic E-state index is 2.36. The van der Waals surface area contributed by atoms with Crippen LogP contribution in [0.1, 0.15) is 0 Å². The fraction of sp³-hybridized carbons (Fsp3) is 0. The molecule has 0 saturated heterocycles. The van der Waals surface area contributed by atoms with Crippen molar-refractivity contribution in [2.75, 3.05) is 4.90 Å². The third kappa shape index (κ3) is 3.65. The van der Waals surface area contributed by atoms with Gasteiger partial charge in [0.25, 0.3) is 0 Å². The zero-order valence-electron chi connectivity index (χ0n) is 21.9. The van der Waals surface area contributed by atoms with Gasteiger partial charge in [-0.15, -0.1) is 0 Å². The SMILES string of the molecule is c1ccc(N(c2ccc(-n3c4ccccc4c4ccccc43)cc2)c2ccc3cc4ccccc4cc3c2)cc1. The second kappa shape index (κ2) is 9.14. The van der Waals surface area contributed by atoms with Crippen molar-refractivity contribution in [3.8, 4) is 5.69 Å². The smallest absolute Gasteiger partial charge is 0.0541 e. The van der Waals surface area contributed by atoms with Crippen molar-refractivity contribution < 1.29 is 0 Å². The lowest BCUT2D eigenvalue weighted by Crippen LogP contribution is -2.10. The van der Waals surface area contributed by atoms with E-state index in [4.69, 9.17) is 0 Å². The summed E-state index contributed by atoms with van der Waals surface area (Å²) in [4.78, 5) is 2.34. The molecule has 0 saturated carbocycles. The summed E-state index contributed by atoms with van der Waals surface area (Å²) in [6, 6.07) is 56.8. The molecule has 0 amide bonds. The highest BCUT2D eigenvalue weighted by Gasteiger charge is 2.15. The van der Waals surface area contributed by atoms with Gasteiger partial charge >= 0.3 is 0 Å². The van der Waals surface area contributed by atoms with Gasteiger partial charge in [-0.05, 0) is 94.3 Å². The van der Waals surface area contributed by atoms with E-state index in [1.807, 2.05) is 0 Å². The Labute approximate surface area is 233 Å². The monoisotopic (exact) mass is 510 g/mol. The van der Waals surface area contributed by atoms with Gasteiger partial charge in [0, 0.05) is 33.5 Å². The summed E-state index contributed by atoms with van der Waals surface area (Å²) < 4.78 is 2.36. The maximum Gasteiger partial charge on any atom is 0.0541 e. The summed E-state index contributed by atoms with van der Waals surface area (Å²) in [5.74, 6) is 0. The highest BCUT2D eigenvalue weighted by molar-refractivity contribution is 6.09. The van der Waals surface area contributed by atoms with Gasteiger partial charge in [0.05, 0.1) is 11.0 Å². The molecule has 8 rings (SSSR count). The van der Waals surface area contributed by atoms with Crippen molar-refractivity contribution in [3.05, 3.63) is 158 Å². The Morgan fingerprint density at radius 3 is 1.52 bits per heavy atom. The van der Waals surface area contributed by atoms with Gasteiger partial charge in [0.2, 0.25) is 0 Å². The van der Waals surface area contributed by atoms with Crippen LogP contribution in [-0.2, 0) is 0 Å². The molecule has 2 heteroatoms. The number of hydrogen-bond donors (Lipinski definition) is 0. The van der Waals surface area contributed by atoms with E-state index in [0.29, 0.717) is 0 Å². The summed E-state index contributed by atoms with van der Waals surface area (Å²) in [7, 11) is 0. The third-order valence-electron chi connectivity index (χ3n) is 7.91. The number of anilines is 3. The first-order valence-corrected chi connectivity index (χ1v) is 13.7. The summed E-state index contributed by atoms with van der Waals surface area (Å²) in [5.41, 5.74) is 6.98. The van der Waals surface area contributed by atoms with E-state index in [1.54, 1.807) is 0 Å². The van der Waals surface area contributed by atoms with Gasteiger partial charge in [-0.25, -0.2) is 0 Å². The Balaban J connectivity index is 1.27. The lowest BCUT2D eigenvalue weighted by Gasteiger charge is -2.26. The van der Waals surface area contributed by atoms with Crippen molar-refractivity contribution in [1.29, 1.82) is 0 Å². The summed E-state index contributed by atoms with van der Waals surface area (Å²) in [5, 5.41) is 7.56. The fourth-order valence-electron chi connectivity index (χ4n) is 6.04. The topological polar surface area (TPSA) is 8.17 Å². The Bertz CT molecular complexity index is 2100. The molecule has 188 valence electrons. The number of para-hydroxylation sites is 3. The zero-order valence-corrected chi connectivity index (χ0v) is 21.9. The molecule has 0 spiro atoms. The van der Waals surface area contributed by atoms with Crippen LogP contribution >= 0.6 is 0 Å². The van der Waals surface area contributed by atoms with Gasteiger partial charge in [-0.1, -0.05) is 84.9 Å². The minimum absolute atomic E-state index is 1.12. The van der Waals surface area contributed by atoms with Crippen LogP contribution in [0.3, 0.4) is 0 Å². The van der Waals surface area contributed by atoms with Crippen LogP contribution in [0.5, 0.6) is 0 Å². The molecule has 1 aromatic heterocycles. The molecule has 1 heterocycles. The lowest BCUT2D eigenvalue weighted by atomic mass is 10.0. The molecule has 0 bridgehead atoms. The van der Waals surface area contributed by atoms with E-state index in [1.165, 1.54) is 43.4 Å². The average Bonchev–Trinajstić information content (AvgIpc) is 3.35. The molecule has 2 nitrogen and oxygen atoms in total. The molecule has 0 aliphatic carbocycles. The van der Waals surface area contributed by atoms with Crippen LogP contribution < -0.4 is 4.90 Å². The van der Waals surface area contributed by atoms with Gasteiger partial charge in [0.1, 0.15) is 0 Å². The minimum Gasteiger partial charge on any atom is -0.310 e. The van der Waals surface area contributed by atoms with Crippen molar-refractivity contribution >= 4 is 60.4 Å². The van der Waals surface area contributed by atoms with Crippen molar-refractivity contribution in [3.63, 3.8) is 0 Å². The molecule has 0 atom stereocenters. The molecule has 0 unspecified atom stereocenters. The zero-order chi connectivity index (χ0) is 26.5. The van der Waals surface area contributed by atoms with Crippen LogP contribution in [-0.4, -0.2) is 4.57 Å². The molecular weight excluding hydrogens is 484 g/mol. The first-order valence-electron chi connectivity index (χ1n) is 13.7. The molecule has 40 heavy (non-hydrogen) atoms. The second-order valence-electron chi connectivity index (χ2n) is 10.3. The van der Waals surface area contributed by atoms with Crippen molar-refractivity contribution in [2.45, 2.75) is 0 Å². The number of benzene rings is 7. The molecule has 0 N–H and O–H groups in total. The van der Waals surface area contributed by atoms with E-state index >= 15 is 0 Å². The minimum atomic E-state index is 1.12. The van der Waals surface area contributed by atoms with Gasteiger partial charge in [-0.2, -0.15) is 0 Å². The lowest BCUT2D eigenvalue weighted by molar-refractivity contribution is 1.17. The van der Waals surface area contributed by atoms with Crippen LogP contribution in [0.15, 0.2) is 158 Å². The molecule has 8 aromatic rings. The van der Waals surface area contributed by atoms with Gasteiger partial charge < -0.3 is 9.47 Å². The highest BCUT2D eigenvalue weighted by Crippen LogP contribution is 2.38. The summed E-state index contributed by atoms with van der Waals surface area (Å²) in [6.45, 7) is 0. The average molecular weight is 511 g/mol. The predicted molar refractivity (Wildman–Crippen MR) is 170 cm³/mol. The number of hydrogen-bond acceptors (Lipinski definition) is 1. The Morgan fingerprint density at radius 1 is 0.350 bits per heavy atom. The summed E-state index contributed by atoms with van der Waals surface area (Å²) in [6.07, 6.45) is 0. The van der Waals surface area contributed by atoms with E-state index in [2.05, 4.69) is 167 Å². The Morgan fingerprint density at radius 2 is 0.850 bits per heavy atom. The largest absolute Gasteiger partial charge is 0.310 e. The molecule has 0 aliphatic heterocycles. The maximum atomic E-state index is 2.36. The number of nitrogens with zero attached hydrogens (tertiary/aromatic N) is 2. The molecule has 0 aliphatic rings. The Kier molecular flexibility index (Phi) is 5.17. The van der Waals surface area contributed by atoms with E-state index in [-0.39, 0.29) is 0 Å². The Hall–Kier alpha value is -5.34. The van der Waals surface area contributed by atoms with E-state index in [9.17, 15) is 0 Å². The number of aromatic nitrogens is 1. The van der Waals surface area contributed by atoms with Gasteiger partial charge in [0.15, 0.2) is 0 Å². The third-order valence-corrected chi connectivity index (χ3v) is 7.91. The number of rotatable bonds is 4. The van der Waals surface area contributed by atoms with Crippen molar-refractivity contribution in [2.24, 2.45) is 0 Å². The number of fused-ring (bicyclic) bond motifs is 5. The molecular formula is C38H26N2. The van der Waals surface area contributed by atoms with Crippen molar-refractivity contribution in [1.82, 2.24) is 4.57 Å². The van der Waals surface area contributed by atoms with E-state index in [0.717, 1.165) is 22.7 Å². The molecule has 7 aromatic carbocycles. The normalized spacial score (nSPS) is 11.5. The van der Waals surface area contributed by atoms with E-state index < -0.39 is 0 Å². The van der Waals surface area contributed by atoms with Crippen LogP contribution in [0, 0.1) is 0 Å². The quantitative estimate of drug-likeness (QED) is 0.214. The molecule has 0 radical (unpaired) electrons. The standard InChI is InChI=1S/C38H26N2/c1-2-12-31(13-3-1)39(34-19-18-29-24-27-10-4-5-11-28(27)25-30(29)26-34)32-20-22-33(23-21-32)40-37-16-8-6-14-35(37)36-15-7-9-17-38(36)40/h1-26H. The van der Waals surface area contributed by atoms with Crippen LogP contribution in [0.4, 0.5) is 17.1 Å². The first-order chi connectivity index (χ1) is 19.8. The van der Waals surface area contributed by atoms with Crippen LogP contribution in [0.2, 0.25) is 0 Å². The first kappa shape index (κ1) is 22.6. The highest BCUT2D eigenvalue weighted by atomic mass is 15.1. The van der Waals surface area contributed by atoms with Gasteiger partial charge in [-0.3, -0.25) is 0 Å². The molecule has 0 fully saturated rings. The fourth-order valence-corrected chi connectivity index (χ4v) is 6.04. The predicted octanol–water partition coefficient (Wildman–Crippen LogP) is 10.6. The summed E-state index contributed by atoms with van der Waals surface area (Å²) >= 11 is 0. The van der Waals surface area contributed by atoms with Crippen LogP contribution in [0.25, 0.3) is 49.0 Å². The second-order valence-corrected chi connectivity index (χ2v) is 10.3.